The smallest absolute Gasteiger partial charge is 0.315 e. The first kappa shape index (κ1) is 9.77. The number of hydrogen-bond acceptors (Lipinski definition) is 4. The molecule has 0 amide bonds. The van der Waals surface area contributed by atoms with Crippen LogP contribution in [0.5, 0.6) is 0 Å². The number of halogens is 1. The molecule has 0 saturated heterocycles. The lowest BCUT2D eigenvalue weighted by atomic mass is 9.99. The van der Waals surface area contributed by atoms with Gasteiger partial charge in [0.05, 0.1) is 0 Å². The van der Waals surface area contributed by atoms with Gasteiger partial charge in [0.15, 0.2) is 0 Å². The maximum Gasteiger partial charge on any atom is 0.315 e. The molecule has 1 aromatic heterocycles. The van der Waals surface area contributed by atoms with Crippen LogP contribution in [-0.4, -0.2) is 15.7 Å². The summed E-state index contributed by atoms with van der Waals surface area (Å²) in [6.07, 6.45) is 2.55. The molecule has 0 unspecified atom stereocenters. The summed E-state index contributed by atoms with van der Waals surface area (Å²) in [7, 11) is 0. The Bertz CT molecular complexity index is 320. The van der Waals surface area contributed by atoms with Gasteiger partial charge in [-0.05, 0) is 32.6 Å². The van der Waals surface area contributed by atoms with Gasteiger partial charge in [0.1, 0.15) is 5.88 Å². The molecular formula is C9H14ClN3O. The highest BCUT2D eigenvalue weighted by Crippen LogP contribution is 2.40. The second-order valence-corrected chi connectivity index (χ2v) is 4.52. The van der Waals surface area contributed by atoms with Gasteiger partial charge in [0.2, 0.25) is 5.89 Å². The maximum atomic E-state index is 5.56. The van der Waals surface area contributed by atoms with E-state index in [1.165, 1.54) is 12.8 Å². The standard InChI is InChI=1S/C9H14ClN3O/c1-9(2,6-3-4-6)11-8-13-12-7(5-10)14-8/h6H,3-5H2,1-2H3,(H,11,13). The van der Waals surface area contributed by atoms with E-state index in [0.717, 1.165) is 0 Å². The Hall–Kier alpha value is -0.770. The number of nitrogens with one attached hydrogen (secondary N) is 1. The van der Waals surface area contributed by atoms with E-state index in [1.807, 2.05) is 0 Å². The van der Waals surface area contributed by atoms with Crippen molar-refractivity contribution in [1.82, 2.24) is 10.2 Å². The van der Waals surface area contributed by atoms with Crippen molar-refractivity contribution in [3.05, 3.63) is 5.89 Å². The summed E-state index contributed by atoms with van der Waals surface area (Å²) in [6, 6.07) is 0.470. The first-order chi connectivity index (χ1) is 6.62. The molecule has 78 valence electrons. The van der Waals surface area contributed by atoms with Crippen molar-refractivity contribution in [2.75, 3.05) is 5.32 Å². The van der Waals surface area contributed by atoms with Gasteiger partial charge < -0.3 is 9.73 Å². The first-order valence-electron chi connectivity index (χ1n) is 4.78. The van der Waals surface area contributed by atoms with Crippen LogP contribution < -0.4 is 5.32 Å². The van der Waals surface area contributed by atoms with E-state index in [1.54, 1.807) is 0 Å². The molecule has 0 spiro atoms. The van der Waals surface area contributed by atoms with Crippen LogP contribution >= 0.6 is 11.6 Å². The highest BCUT2D eigenvalue weighted by atomic mass is 35.5. The number of hydrogen-bond donors (Lipinski definition) is 1. The molecule has 0 aromatic carbocycles. The van der Waals surface area contributed by atoms with Crippen LogP contribution in [0.25, 0.3) is 0 Å². The summed E-state index contributed by atoms with van der Waals surface area (Å²) in [4.78, 5) is 0. The fraction of sp³-hybridized carbons (Fsp3) is 0.778. The molecule has 1 aliphatic carbocycles. The van der Waals surface area contributed by atoms with Crippen LogP contribution in [0.2, 0.25) is 0 Å². The fourth-order valence-corrected chi connectivity index (χ4v) is 1.65. The van der Waals surface area contributed by atoms with Gasteiger partial charge in [-0.25, -0.2) is 0 Å². The van der Waals surface area contributed by atoms with Crippen molar-refractivity contribution in [1.29, 1.82) is 0 Å². The van der Waals surface area contributed by atoms with E-state index in [-0.39, 0.29) is 11.4 Å². The zero-order chi connectivity index (χ0) is 10.2. The first-order valence-corrected chi connectivity index (χ1v) is 5.32. The lowest BCUT2D eigenvalue weighted by molar-refractivity contribution is 0.452. The number of rotatable bonds is 4. The molecule has 5 heteroatoms. The predicted octanol–water partition coefficient (Wildman–Crippen LogP) is 2.41. The summed E-state index contributed by atoms with van der Waals surface area (Å²) in [5.41, 5.74) is 0.0378. The van der Waals surface area contributed by atoms with Crippen LogP contribution in [0, 0.1) is 5.92 Å². The van der Waals surface area contributed by atoms with Crippen molar-refractivity contribution in [2.45, 2.75) is 38.1 Å². The molecule has 0 radical (unpaired) electrons. The highest BCUT2D eigenvalue weighted by molar-refractivity contribution is 6.16. The van der Waals surface area contributed by atoms with E-state index in [9.17, 15) is 0 Å². The van der Waals surface area contributed by atoms with Crippen molar-refractivity contribution in [2.24, 2.45) is 5.92 Å². The third kappa shape index (κ3) is 2.00. The molecule has 4 nitrogen and oxygen atoms in total. The Morgan fingerprint density at radius 1 is 1.50 bits per heavy atom. The Labute approximate surface area is 88.0 Å². The van der Waals surface area contributed by atoms with Crippen molar-refractivity contribution >= 4 is 17.6 Å². The molecule has 0 bridgehead atoms. The molecule has 1 saturated carbocycles. The summed E-state index contributed by atoms with van der Waals surface area (Å²) in [6.45, 7) is 4.30. The molecule has 1 heterocycles. The normalized spacial score (nSPS) is 17.1. The molecule has 2 rings (SSSR count). The summed E-state index contributed by atoms with van der Waals surface area (Å²) < 4.78 is 5.28. The molecule has 0 aliphatic heterocycles. The SMILES string of the molecule is CC(C)(Nc1nnc(CCl)o1)C1CC1. The predicted molar refractivity (Wildman–Crippen MR) is 54.3 cm³/mol. The lowest BCUT2D eigenvalue weighted by Crippen LogP contribution is -2.33. The van der Waals surface area contributed by atoms with Gasteiger partial charge >= 0.3 is 6.01 Å². The Kier molecular flexibility index (Phi) is 2.39. The van der Waals surface area contributed by atoms with Crippen LogP contribution in [0.1, 0.15) is 32.6 Å². The number of alkyl halides is 1. The Morgan fingerprint density at radius 2 is 2.21 bits per heavy atom. The van der Waals surface area contributed by atoms with Gasteiger partial charge in [0, 0.05) is 5.54 Å². The van der Waals surface area contributed by atoms with E-state index in [4.69, 9.17) is 16.0 Å². The van der Waals surface area contributed by atoms with Crippen LogP contribution in [0.3, 0.4) is 0 Å². The van der Waals surface area contributed by atoms with E-state index < -0.39 is 0 Å². The molecule has 1 aliphatic rings. The van der Waals surface area contributed by atoms with E-state index in [0.29, 0.717) is 17.8 Å². The minimum Gasteiger partial charge on any atom is -0.407 e. The zero-order valence-electron chi connectivity index (χ0n) is 8.38. The second-order valence-electron chi connectivity index (χ2n) is 4.26. The van der Waals surface area contributed by atoms with E-state index in [2.05, 4.69) is 29.4 Å². The molecular weight excluding hydrogens is 202 g/mol. The number of anilines is 1. The van der Waals surface area contributed by atoms with Gasteiger partial charge in [-0.2, -0.15) is 0 Å². The second kappa shape index (κ2) is 3.42. The number of nitrogens with zero attached hydrogens (tertiary/aromatic N) is 2. The third-order valence-electron chi connectivity index (χ3n) is 2.61. The van der Waals surface area contributed by atoms with Crippen LogP contribution in [0.4, 0.5) is 6.01 Å². The van der Waals surface area contributed by atoms with Crippen molar-refractivity contribution < 1.29 is 4.42 Å². The monoisotopic (exact) mass is 215 g/mol. The van der Waals surface area contributed by atoms with Crippen molar-refractivity contribution in [3.63, 3.8) is 0 Å². The summed E-state index contributed by atoms with van der Waals surface area (Å²) >= 11 is 5.56. The topological polar surface area (TPSA) is 51.0 Å². The van der Waals surface area contributed by atoms with Gasteiger partial charge in [-0.15, -0.1) is 16.7 Å². The van der Waals surface area contributed by atoms with Gasteiger partial charge in [-0.1, -0.05) is 5.10 Å². The lowest BCUT2D eigenvalue weighted by Gasteiger charge is -2.24. The largest absolute Gasteiger partial charge is 0.407 e. The molecule has 14 heavy (non-hydrogen) atoms. The fourth-order valence-electron chi connectivity index (χ4n) is 1.54. The molecule has 1 fully saturated rings. The Morgan fingerprint density at radius 3 is 2.71 bits per heavy atom. The van der Waals surface area contributed by atoms with Crippen LogP contribution in [0.15, 0.2) is 4.42 Å². The minimum atomic E-state index is 0.0378. The Balaban J connectivity index is 2.02. The molecule has 1 N–H and O–H groups in total. The third-order valence-corrected chi connectivity index (χ3v) is 2.84. The maximum absolute atomic E-state index is 5.56. The molecule has 0 atom stereocenters. The molecule has 1 aromatic rings. The average Bonchev–Trinajstić information content (AvgIpc) is 2.89. The quantitative estimate of drug-likeness (QED) is 0.784. The van der Waals surface area contributed by atoms with Crippen LogP contribution in [-0.2, 0) is 5.88 Å². The minimum absolute atomic E-state index is 0.0378. The van der Waals surface area contributed by atoms with Gasteiger partial charge in [-0.3, -0.25) is 0 Å². The van der Waals surface area contributed by atoms with Crippen molar-refractivity contribution in [3.8, 4) is 0 Å². The highest BCUT2D eigenvalue weighted by Gasteiger charge is 2.38. The zero-order valence-corrected chi connectivity index (χ0v) is 9.14. The van der Waals surface area contributed by atoms with Gasteiger partial charge in [0.25, 0.3) is 0 Å². The number of aromatic nitrogens is 2. The summed E-state index contributed by atoms with van der Waals surface area (Å²) in [5.74, 6) is 1.44. The average molecular weight is 216 g/mol. The van der Waals surface area contributed by atoms with E-state index >= 15 is 0 Å². The summed E-state index contributed by atoms with van der Waals surface area (Å²) in [5, 5.41) is 10.9.